The van der Waals surface area contributed by atoms with Crippen LogP contribution in [0.15, 0.2) is 64.5 Å². The minimum Gasteiger partial charge on any atom is -0.486 e. The quantitative estimate of drug-likeness (QED) is 0.821. The van der Waals surface area contributed by atoms with E-state index in [1.54, 1.807) is 36.4 Å². The highest BCUT2D eigenvalue weighted by atomic mass is 35.5. The smallest absolute Gasteiger partial charge is 0.262 e. The monoisotopic (exact) mass is 367 g/mol. The molecule has 2 N–H and O–H groups in total. The van der Waals surface area contributed by atoms with Crippen molar-refractivity contribution in [3.05, 3.63) is 54.6 Å². The van der Waals surface area contributed by atoms with Crippen LogP contribution in [0.5, 0.6) is 5.75 Å². The van der Waals surface area contributed by atoms with Crippen LogP contribution in [-0.4, -0.2) is 33.9 Å². The third kappa shape index (κ3) is 4.62. The summed E-state index contributed by atoms with van der Waals surface area (Å²) in [5.41, 5.74) is 0.517. The number of amidine groups is 1. The van der Waals surface area contributed by atoms with Gasteiger partial charge in [-0.1, -0.05) is 24.3 Å². The Kier molecular flexibility index (Phi) is 6.05. The first-order valence-electron chi connectivity index (χ1n) is 7.21. The number of halogens is 1. The molecule has 0 saturated heterocycles. The minimum atomic E-state index is -3.65. The average Bonchev–Trinajstić information content (AvgIpc) is 3.07. The maximum Gasteiger partial charge on any atom is 0.262 e. The van der Waals surface area contributed by atoms with E-state index >= 15 is 0 Å². The number of nitrogens with one attached hydrogen (secondary N) is 2. The van der Waals surface area contributed by atoms with Crippen molar-refractivity contribution in [1.82, 2.24) is 5.32 Å². The van der Waals surface area contributed by atoms with E-state index in [0.717, 1.165) is 18.9 Å². The second kappa shape index (κ2) is 8.03. The van der Waals surface area contributed by atoms with Gasteiger partial charge < -0.3 is 10.1 Å². The zero-order valence-corrected chi connectivity index (χ0v) is 14.4. The van der Waals surface area contributed by atoms with Gasteiger partial charge in [0.05, 0.1) is 11.4 Å². The Hall–Kier alpha value is -2.25. The van der Waals surface area contributed by atoms with Crippen LogP contribution in [0.3, 0.4) is 0 Å². The molecule has 128 valence electrons. The number of anilines is 1. The highest BCUT2D eigenvalue weighted by Crippen LogP contribution is 2.20. The van der Waals surface area contributed by atoms with Crippen molar-refractivity contribution in [2.24, 2.45) is 4.99 Å². The predicted molar refractivity (Wildman–Crippen MR) is 96.7 cm³/mol. The molecule has 0 saturated carbocycles. The number of rotatable bonds is 6. The van der Waals surface area contributed by atoms with Crippen LogP contribution in [0.4, 0.5) is 5.69 Å². The van der Waals surface area contributed by atoms with Crippen molar-refractivity contribution < 1.29 is 13.2 Å². The first kappa shape index (κ1) is 18.1. The number of hydrogen-bond donors (Lipinski definition) is 2. The molecule has 0 atom stereocenters. The van der Waals surface area contributed by atoms with Crippen LogP contribution in [-0.2, 0) is 10.0 Å². The van der Waals surface area contributed by atoms with Crippen molar-refractivity contribution in [1.29, 1.82) is 0 Å². The first-order valence-corrected chi connectivity index (χ1v) is 8.70. The number of sulfonamides is 1. The van der Waals surface area contributed by atoms with Gasteiger partial charge >= 0.3 is 0 Å². The fourth-order valence-electron chi connectivity index (χ4n) is 2.15. The van der Waals surface area contributed by atoms with E-state index in [1.165, 1.54) is 12.1 Å². The lowest BCUT2D eigenvalue weighted by molar-refractivity contribution is 0.372. The molecule has 1 aliphatic heterocycles. The zero-order valence-electron chi connectivity index (χ0n) is 12.8. The lowest BCUT2D eigenvalue weighted by Crippen LogP contribution is -2.24. The SMILES string of the molecule is Cl.O=S(=O)(Nc1ccccc1)c1cccc(OCC2=NCCN2)c1. The Balaban J connectivity index is 0.00000208. The second-order valence-corrected chi connectivity index (χ2v) is 6.67. The van der Waals surface area contributed by atoms with Gasteiger partial charge in [0.1, 0.15) is 18.2 Å². The Morgan fingerprint density at radius 3 is 2.62 bits per heavy atom. The fraction of sp³-hybridized carbons (Fsp3) is 0.188. The van der Waals surface area contributed by atoms with Gasteiger partial charge in [0.25, 0.3) is 10.0 Å². The molecule has 0 spiro atoms. The van der Waals surface area contributed by atoms with Crippen LogP contribution in [0.1, 0.15) is 0 Å². The number of para-hydroxylation sites is 1. The molecule has 0 radical (unpaired) electrons. The molecule has 2 aromatic rings. The normalized spacial score (nSPS) is 13.4. The van der Waals surface area contributed by atoms with Gasteiger partial charge in [0.15, 0.2) is 0 Å². The second-order valence-electron chi connectivity index (χ2n) is 4.99. The van der Waals surface area contributed by atoms with E-state index in [-0.39, 0.29) is 17.3 Å². The van der Waals surface area contributed by atoms with E-state index in [4.69, 9.17) is 4.74 Å². The number of hydrogen-bond acceptors (Lipinski definition) is 5. The van der Waals surface area contributed by atoms with E-state index in [9.17, 15) is 8.42 Å². The summed E-state index contributed by atoms with van der Waals surface area (Å²) in [6.45, 7) is 1.86. The maximum atomic E-state index is 12.4. The molecule has 0 aliphatic carbocycles. The van der Waals surface area contributed by atoms with Crippen LogP contribution in [0.2, 0.25) is 0 Å². The van der Waals surface area contributed by atoms with Gasteiger partial charge in [0, 0.05) is 18.3 Å². The largest absolute Gasteiger partial charge is 0.486 e. The molecule has 1 aliphatic rings. The standard InChI is InChI=1S/C16H17N3O3S.ClH/c20-23(21,19-13-5-2-1-3-6-13)15-8-4-7-14(11-15)22-12-16-17-9-10-18-16;/h1-8,11,19H,9-10,12H2,(H,17,18);1H. The zero-order chi connectivity index (χ0) is 16.1. The minimum absolute atomic E-state index is 0. The summed E-state index contributed by atoms with van der Waals surface area (Å²) >= 11 is 0. The third-order valence-electron chi connectivity index (χ3n) is 3.26. The summed E-state index contributed by atoms with van der Waals surface area (Å²) < 4.78 is 33.0. The number of aliphatic imine (C=N–C) groups is 1. The van der Waals surface area contributed by atoms with Gasteiger partial charge in [-0.3, -0.25) is 9.71 Å². The molecule has 8 heteroatoms. The summed E-state index contributed by atoms with van der Waals surface area (Å²) in [6.07, 6.45) is 0. The summed E-state index contributed by atoms with van der Waals surface area (Å²) in [6, 6.07) is 15.2. The Bertz CT molecular complexity index is 810. The molecule has 0 fully saturated rings. The Labute approximate surface area is 147 Å². The van der Waals surface area contributed by atoms with Crippen molar-refractivity contribution >= 4 is 34.0 Å². The molecular formula is C16H18ClN3O3S. The molecule has 0 amide bonds. The molecule has 2 aromatic carbocycles. The maximum absolute atomic E-state index is 12.4. The topological polar surface area (TPSA) is 79.8 Å². The summed E-state index contributed by atoms with van der Waals surface area (Å²) in [7, 11) is -3.65. The van der Waals surface area contributed by atoms with Gasteiger partial charge in [-0.15, -0.1) is 12.4 Å². The molecule has 24 heavy (non-hydrogen) atoms. The van der Waals surface area contributed by atoms with Crippen molar-refractivity contribution in [3.63, 3.8) is 0 Å². The van der Waals surface area contributed by atoms with E-state index < -0.39 is 10.0 Å². The van der Waals surface area contributed by atoms with E-state index in [1.807, 2.05) is 6.07 Å². The third-order valence-corrected chi connectivity index (χ3v) is 4.64. The number of benzene rings is 2. The average molecular weight is 368 g/mol. The molecule has 0 aromatic heterocycles. The Morgan fingerprint density at radius 1 is 1.12 bits per heavy atom. The van der Waals surface area contributed by atoms with Gasteiger partial charge in [-0.25, -0.2) is 8.42 Å². The summed E-state index contributed by atoms with van der Waals surface area (Å²) in [5, 5.41) is 3.10. The number of nitrogens with zero attached hydrogens (tertiary/aromatic N) is 1. The number of ether oxygens (including phenoxy) is 1. The molecular weight excluding hydrogens is 350 g/mol. The summed E-state index contributed by atoms with van der Waals surface area (Å²) in [5.74, 6) is 1.26. The molecule has 3 rings (SSSR count). The first-order chi connectivity index (χ1) is 11.1. The molecule has 0 unspecified atom stereocenters. The predicted octanol–water partition coefficient (Wildman–Crippen LogP) is 2.29. The van der Waals surface area contributed by atoms with Crippen LogP contribution >= 0.6 is 12.4 Å². The lowest BCUT2D eigenvalue weighted by Gasteiger charge is -2.10. The molecule has 0 bridgehead atoms. The lowest BCUT2D eigenvalue weighted by atomic mass is 10.3. The van der Waals surface area contributed by atoms with Crippen molar-refractivity contribution in [2.45, 2.75) is 4.90 Å². The fourth-order valence-corrected chi connectivity index (χ4v) is 3.24. The van der Waals surface area contributed by atoms with Crippen LogP contribution in [0.25, 0.3) is 0 Å². The van der Waals surface area contributed by atoms with E-state index in [2.05, 4.69) is 15.0 Å². The molecule has 1 heterocycles. The highest BCUT2D eigenvalue weighted by Gasteiger charge is 2.15. The van der Waals surface area contributed by atoms with Gasteiger partial charge in [-0.05, 0) is 24.3 Å². The van der Waals surface area contributed by atoms with Gasteiger partial charge in [0.2, 0.25) is 0 Å². The molecule has 6 nitrogen and oxygen atoms in total. The summed E-state index contributed by atoms with van der Waals surface area (Å²) in [4.78, 5) is 4.38. The van der Waals surface area contributed by atoms with E-state index in [0.29, 0.717) is 18.0 Å². The van der Waals surface area contributed by atoms with Gasteiger partial charge in [-0.2, -0.15) is 0 Å². The highest BCUT2D eigenvalue weighted by molar-refractivity contribution is 7.92. The van der Waals surface area contributed by atoms with Crippen LogP contribution in [0, 0.1) is 0 Å². The Morgan fingerprint density at radius 2 is 1.92 bits per heavy atom. The van der Waals surface area contributed by atoms with Crippen molar-refractivity contribution in [3.8, 4) is 5.75 Å². The van der Waals surface area contributed by atoms with Crippen molar-refractivity contribution in [2.75, 3.05) is 24.4 Å². The van der Waals surface area contributed by atoms with Crippen LogP contribution < -0.4 is 14.8 Å².